The summed E-state index contributed by atoms with van der Waals surface area (Å²) in [7, 11) is 0. The molecule has 0 amide bonds. The van der Waals surface area contributed by atoms with Crippen LogP contribution in [0.2, 0.25) is 0 Å². The van der Waals surface area contributed by atoms with Crippen molar-refractivity contribution in [3.63, 3.8) is 0 Å². The molecule has 16 N–H and O–H groups in total. The van der Waals surface area contributed by atoms with Crippen LogP contribution in [0.5, 0.6) is 0 Å². The summed E-state index contributed by atoms with van der Waals surface area (Å²) in [5, 5.41) is 155. The molecule has 2 saturated heterocycles. The van der Waals surface area contributed by atoms with Crippen LogP contribution in [0.25, 0.3) is 0 Å². The highest BCUT2D eigenvalue weighted by Crippen LogP contribution is 2.52. The number of aliphatic hydroxyl groups excluding tert-OH is 7. The summed E-state index contributed by atoms with van der Waals surface area (Å²) >= 11 is 0. The minimum atomic E-state index is -2.31. The molecule has 0 bridgehead atoms. The lowest BCUT2D eigenvalue weighted by Gasteiger charge is -2.63. The highest BCUT2D eigenvalue weighted by molar-refractivity contribution is 5.83. The Kier molecular flexibility index (Phi) is 18.4. The smallest absolute Gasteiger partial charge is 0.547 e. The Morgan fingerprint density at radius 3 is 1.34 bits per heavy atom. The quantitative estimate of drug-likeness (QED) is 0.0653. The third-order valence-corrected chi connectivity index (χ3v) is 9.99. The number of ether oxygens (including phenoxy) is 2. The number of carbonyl (C=O) groups excluding carboxylic acids is 2. The fourth-order valence-corrected chi connectivity index (χ4v) is 4.70. The van der Waals surface area contributed by atoms with Crippen molar-refractivity contribution in [3.05, 3.63) is 9.93 Å². The number of hydrogen-bond donors (Lipinski definition) is 16. The summed E-state index contributed by atoms with van der Waals surface area (Å²) in [6, 6.07) is 0. The number of esters is 1. The van der Waals surface area contributed by atoms with Crippen molar-refractivity contribution in [3.8, 4) is 0 Å². The van der Waals surface area contributed by atoms with E-state index < -0.39 is 107 Å². The summed E-state index contributed by atoms with van der Waals surface area (Å²) in [5.74, 6) is -5.17. The maximum Gasteiger partial charge on any atom is 1.00 e. The molecule has 2 aliphatic heterocycles. The van der Waals surface area contributed by atoms with Crippen LogP contribution in [0.4, 0.5) is 0 Å². The van der Waals surface area contributed by atoms with E-state index in [0.717, 1.165) is 13.8 Å². The van der Waals surface area contributed by atoms with Gasteiger partial charge in [-0.2, -0.15) is 0 Å². The number of hydrogen-bond acceptors (Lipinski definition) is 23. The van der Waals surface area contributed by atoms with Crippen LogP contribution in [-0.4, -0.2) is 189 Å². The second kappa shape index (κ2) is 17.6. The Morgan fingerprint density at radius 2 is 1.02 bits per heavy atom. The Hall–Kier alpha value is -2.14. The highest BCUT2D eigenvalue weighted by Gasteiger charge is 2.74. The Labute approximate surface area is 287 Å². The van der Waals surface area contributed by atoms with Gasteiger partial charge in [-0.3, -0.25) is 10.5 Å². The molecule has 0 radical (unpaired) electrons. The van der Waals surface area contributed by atoms with Gasteiger partial charge in [-0.25, -0.2) is 4.79 Å². The molecule has 0 spiro atoms. The van der Waals surface area contributed by atoms with Gasteiger partial charge >= 0.3 is 7.40 Å². The van der Waals surface area contributed by atoms with E-state index in [2.05, 4.69) is 0 Å². The van der Waals surface area contributed by atoms with Crippen molar-refractivity contribution in [1.29, 1.82) is 0 Å². The van der Waals surface area contributed by atoms with Crippen LogP contribution in [0.3, 0.4) is 0 Å². The first kappa shape index (κ1) is 52.2. The average Bonchev–Trinajstić information content (AvgIpc) is 3.03. The summed E-state index contributed by atoms with van der Waals surface area (Å²) < 4.78 is 10.1. The van der Waals surface area contributed by atoms with Crippen molar-refractivity contribution in [1.82, 2.24) is 0 Å². The van der Waals surface area contributed by atoms with Gasteiger partial charge in [-0.15, -0.1) is 0 Å². The molecular formula is C27H54O23. The maximum atomic E-state index is 11.5. The van der Waals surface area contributed by atoms with Crippen LogP contribution in [0, 0.1) is 9.93 Å². The van der Waals surface area contributed by atoms with E-state index in [9.17, 15) is 60.7 Å². The van der Waals surface area contributed by atoms with E-state index in [1.807, 2.05) is 0 Å². The molecule has 0 aromatic rings. The lowest BCUT2D eigenvalue weighted by atomic mass is 9.61. The van der Waals surface area contributed by atoms with Gasteiger partial charge in [0.1, 0.15) is 58.0 Å². The van der Waals surface area contributed by atoms with Gasteiger partial charge in [0.15, 0.2) is 17.0 Å². The molecule has 0 aromatic heterocycles. The second-order valence-corrected chi connectivity index (χ2v) is 13.2. The van der Waals surface area contributed by atoms with Crippen molar-refractivity contribution < 1.29 is 108 Å². The van der Waals surface area contributed by atoms with Gasteiger partial charge in [0, 0.05) is 9.93 Å². The molecule has 2 fully saturated rings. The topological polar surface area (TPSA) is 433 Å². The molecule has 2 aliphatic rings. The summed E-state index contributed by atoms with van der Waals surface area (Å²) in [6.07, 6.45) is -8.08. The lowest BCUT2D eigenvalue weighted by molar-refractivity contribution is -0.449. The normalized spacial score (nSPS) is 43.2. The van der Waals surface area contributed by atoms with Gasteiger partial charge < -0.3 is 90.9 Å². The first-order chi connectivity index (χ1) is 22.1. The highest BCUT2D eigenvalue weighted by atomic mass is 17.0. The van der Waals surface area contributed by atoms with Gasteiger partial charge in [-0.1, -0.05) is 0 Å². The van der Waals surface area contributed by atoms with Gasteiger partial charge in [0.2, 0.25) is 0 Å². The van der Waals surface area contributed by atoms with Crippen molar-refractivity contribution in [2.75, 3.05) is 19.8 Å². The minimum Gasteiger partial charge on any atom is -0.547 e. The molecular weight excluding hydrogens is 692 g/mol. The van der Waals surface area contributed by atoms with Gasteiger partial charge in [0.05, 0.1) is 25.8 Å². The third-order valence-electron chi connectivity index (χ3n) is 9.99. The number of aliphatic carboxylic acids is 1. The summed E-state index contributed by atoms with van der Waals surface area (Å²) in [5.41, 5.74) is -15.8. The zero-order chi connectivity index (χ0) is 41.5. The minimum absolute atomic E-state index is 0. The molecule has 0 saturated carbocycles. The number of aliphatic hydroxyl groups is 14. The largest absolute Gasteiger partial charge is 1.00 e. The average molecular weight is 747 g/mol. The molecule has 2 rings (SSSR count). The van der Waals surface area contributed by atoms with Crippen LogP contribution in [0.15, 0.2) is 0 Å². The predicted molar refractivity (Wildman–Crippen MR) is 162 cm³/mol. The molecule has 50 heavy (non-hydrogen) atoms. The lowest BCUT2D eigenvalue weighted by Crippen LogP contribution is -2.84. The third kappa shape index (κ3) is 8.89. The number of rotatable bonds is 7. The maximum absolute atomic E-state index is 11.5. The summed E-state index contributed by atoms with van der Waals surface area (Å²) in [6.45, 7) is 8.64. The first-order valence-corrected chi connectivity index (χ1v) is 14.2. The molecule has 300 valence electrons. The zero-order valence-electron chi connectivity index (χ0n) is 29.9. The monoisotopic (exact) mass is 746 g/mol. The van der Waals surface area contributed by atoms with Gasteiger partial charge in [-0.05, 0) is 62.3 Å². The number of carboxylic acids is 1. The van der Waals surface area contributed by atoms with E-state index >= 15 is 0 Å². The van der Waals surface area contributed by atoms with Crippen molar-refractivity contribution in [2.45, 2.75) is 137 Å². The predicted octanol–water partition coefficient (Wildman–Crippen LogP) is -7.35. The molecule has 0 aromatic carbocycles. The van der Waals surface area contributed by atoms with E-state index in [1.54, 1.807) is 0 Å². The van der Waals surface area contributed by atoms with Crippen LogP contribution in [0.1, 0.15) is 63.7 Å². The fourth-order valence-electron chi connectivity index (χ4n) is 4.70. The van der Waals surface area contributed by atoms with E-state index in [-0.39, 0.29) is 1.43 Å². The second-order valence-electron chi connectivity index (χ2n) is 13.2. The van der Waals surface area contributed by atoms with Crippen molar-refractivity contribution in [2.24, 2.45) is 0 Å². The molecule has 13 atom stereocenters. The molecule has 2 heterocycles. The fraction of sp³-hybridized carbons (Fsp3) is 0.926. The van der Waals surface area contributed by atoms with Crippen LogP contribution < -0.4 is 5.11 Å². The first-order valence-electron chi connectivity index (χ1n) is 14.2. The molecule has 0 aliphatic carbocycles. The Balaban J connectivity index is -0.000000309. The Morgan fingerprint density at radius 1 is 0.660 bits per heavy atom. The Bertz CT molecular complexity index is 1090. The zero-order valence-corrected chi connectivity index (χ0v) is 28.9. The molecule has 23 heteroatoms. The number of cyclic esters (lactones) is 1. The number of carbonyl (C=O) groups is 2. The van der Waals surface area contributed by atoms with E-state index in [1.165, 1.54) is 48.5 Å². The molecule has 23 nitrogen and oxygen atoms in total. The standard InChI is InChI=1S/C11H22O6.C10H18O6.C6H12O7.H2O2.O2/c1-7(6-12)8(2,13)9(3,14)10(4,15)11(5,16)17-7;1-7(5-11)9(3,14)10(4,15)8(2,13)6(12)16-7;7-1-2(8)3(9)4(10)5(11)6(12)13;2*1-2/h12-16H,6H2,1-5H3;11,13-15H,5H2,1-4H3;2-5,7-11H,1H2,(H,12,13);1-2H;/t7?,8-,9-,10?,11-;7?,8?,9-,10+;;;/m11.../s1. The van der Waals surface area contributed by atoms with Crippen LogP contribution >= 0.6 is 0 Å². The summed E-state index contributed by atoms with van der Waals surface area (Å²) in [4.78, 5) is 35.5. The van der Waals surface area contributed by atoms with Crippen molar-refractivity contribution >= 4 is 11.9 Å². The number of carboxylic acid groups (broad SMARTS) is 1. The van der Waals surface area contributed by atoms with E-state index in [4.69, 9.17) is 55.5 Å². The SMILES string of the molecule is CC1(O)C(=O)OC(C)(CO)[C@@](C)(O)[C@@]1(C)O.CC1(O)[C@](C)(O)[C@](C)(O)C(C)(CO)O[C@@]1(C)O.O=C([O-])C(O)C(O)C(O)C(O)CO.O=O.OO.[H+]. The van der Waals surface area contributed by atoms with E-state index in [0.29, 0.717) is 0 Å². The molecule has 8 unspecified atom stereocenters. The van der Waals surface area contributed by atoms with Crippen LogP contribution in [-0.2, 0) is 19.1 Å². The van der Waals surface area contributed by atoms with Gasteiger partial charge in [0.25, 0.3) is 0 Å².